The molecule has 90 valence electrons. The average molecular weight is 238 g/mol. The van der Waals surface area contributed by atoms with E-state index in [1.165, 1.54) is 11.1 Å². The first-order chi connectivity index (χ1) is 7.54. The van der Waals surface area contributed by atoms with Gasteiger partial charge in [0.1, 0.15) is 0 Å². The van der Waals surface area contributed by atoms with Crippen molar-refractivity contribution in [3.8, 4) is 0 Å². The Bertz CT molecular complexity index is 336. The second-order valence-electron chi connectivity index (χ2n) is 4.43. The lowest BCUT2D eigenvalue weighted by Gasteiger charge is -2.16. The minimum absolute atomic E-state index is 0.334. The third kappa shape index (κ3) is 3.84. The summed E-state index contributed by atoms with van der Waals surface area (Å²) in [6.07, 6.45) is 0.823. The van der Waals surface area contributed by atoms with Gasteiger partial charge in [-0.3, -0.25) is 0 Å². The Kier molecular flexibility index (Phi) is 5.36. The van der Waals surface area contributed by atoms with Crippen molar-refractivity contribution in [2.24, 2.45) is 0 Å². The average Bonchev–Trinajstić information content (AvgIpc) is 2.25. The fourth-order valence-corrected chi connectivity index (χ4v) is 2.59. The van der Waals surface area contributed by atoms with E-state index in [0.29, 0.717) is 5.25 Å². The number of aliphatic hydroxyl groups excluding tert-OH is 1. The first-order valence-electron chi connectivity index (χ1n) is 5.91. The van der Waals surface area contributed by atoms with Crippen molar-refractivity contribution >= 4 is 11.8 Å². The number of rotatable bonds is 5. The Labute approximate surface area is 103 Å². The van der Waals surface area contributed by atoms with Crippen LogP contribution in [0.3, 0.4) is 0 Å². The SMILES string of the molecule is CCC(C)SCC(O)c1ccc(C)cc1C. The maximum absolute atomic E-state index is 10.1. The predicted molar refractivity (Wildman–Crippen MR) is 73.1 cm³/mol. The Morgan fingerprint density at radius 3 is 2.56 bits per heavy atom. The molecule has 1 aromatic rings. The first kappa shape index (κ1) is 13.6. The summed E-state index contributed by atoms with van der Waals surface area (Å²) in [5.74, 6) is 0.791. The summed E-state index contributed by atoms with van der Waals surface area (Å²) in [5.41, 5.74) is 3.52. The van der Waals surface area contributed by atoms with Gasteiger partial charge in [0.2, 0.25) is 0 Å². The maximum atomic E-state index is 10.1. The van der Waals surface area contributed by atoms with Crippen molar-refractivity contribution in [2.45, 2.75) is 45.5 Å². The lowest BCUT2D eigenvalue weighted by atomic mass is 10.0. The molecule has 0 saturated carbocycles. The van der Waals surface area contributed by atoms with Crippen LogP contribution in [0.4, 0.5) is 0 Å². The number of hydrogen-bond acceptors (Lipinski definition) is 2. The highest BCUT2D eigenvalue weighted by atomic mass is 32.2. The molecule has 2 heteroatoms. The van der Waals surface area contributed by atoms with Crippen LogP contribution in [0.5, 0.6) is 0 Å². The predicted octanol–water partition coefficient (Wildman–Crippen LogP) is 3.87. The fourth-order valence-electron chi connectivity index (χ4n) is 1.66. The van der Waals surface area contributed by atoms with Crippen LogP contribution >= 0.6 is 11.8 Å². The van der Waals surface area contributed by atoms with Crippen LogP contribution in [0.25, 0.3) is 0 Å². The molecule has 16 heavy (non-hydrogen) atoms. The number of thioether (sulfide) groups is 1. The van der Waals surface area contributed by atoms with Gasteiger partial charge in [0.05, 0.1) is 6.10 Å². The van der Waals surface area contributed by atoms with Crippen molar-refractivity contribution in [3.05, 3.63) is 34.9 Å². The molecule has 0 aliphatic rings. The van der Waals surface area contributed by atoms with Crippen LogP contribution in [0, 0.1) is 13.8 Å². The second-order valence-corrected chi connectivity index (χ2v) is 5.90. The molecule has 1 rings (SSSR count). The molecule has 0 aromatic heterocycles. The van der Waals surface area contributed by atoms with Gasteiger partial charge in [-0.15, -0.1) is 0 Å². The summed E-state index contributed by atoms with van der Waals surface area (Å²) in [6.45, 7) is 8.54. The van der Waals surface area contributed by atoms with Gasteiger partial charge in [0.25, 0.3) is 0 Å². The Balaban J connectivity index is 2.62. The zero-order chi connectivity index (χ0) is 12.1. The molecule has 2 atom stereocenters. The topological polar surface area (TPSA) is 20.2 Å². The molecule has 2 unspecified atom stereocenters. The van der Waals surface area contributed by atoms with Crippen LogP contribution in [-0.4, -0.2) is 16.1 Å². The van der Waals surface area contributed by atoms with Gasteiger partial charge in [-0.2, -0.15) is 11.8 Å². The second kappa shape index (κ2) is 6.31. The van der Waals surface area contributed by atoms with Gasteiger partial charge in [-0.05, 0) is 31.4 Å². The highest BCUT2D eigenvalue weighted by molar-refractivity contribution is 7.99. The van der Waals surface area contributed by atoms with Gasteiger partial charge in [-0.25, -0.2) is 0 Å². The lowest BCUT2D eigenvalue weighted by molar-refractivity contribution is 0.203. The summed E-state index contributed by atoms with van der Waals surface area (Å²) >= 11 is 1.84. The maximum Gasteiger partial charge on any atom is 0.0883 e. The van der Waals surface area contributed by atoms with Crippen LogP contribution in [0.2, 0.25) is 0 Å². The largest absolute Gasteiger partial charge is 0.388 e. The van der Waals surface area contributed by atoms with Crippen LogP contribution in [0.1, 0.15) is 43.1 Å². The number of benzene rings is 1. The van der Waals surface area contributed by atoms with Gasteiger partial charge < -0.3 is 5.11 Å². The van der Waals surface area contributed by atoms with E-state index >= 15 is 0 Å². The van der Waals surface area contributed by atoms with E-state index in [9.17, 15) is 5.11 Å². The molecule has 0 bridgehead atoms. The molecular formula is C14H22OS. The van der Waals surface area contributed by atoms with E-state index in [1.807, 2.05) is 17.8 Å². The highest BCUT2D eigenvalue weighted by Gasteiger charge is 2.11. The third-order valence-corrected chi connectivity index (χ3v) is 4.31. The smallest absolute Gasteiger partial charge is 0.0883 e. The Hall–Kier alpha value is -0.470. The summed E-state index contributed by atoms with van der Waals surface area (Å²) in [4.78, 5) is 0. The molecule has 0 amide bonds. The molecule has 0 spiro atoms. The van der Waals surface area contributed by atoms with E-state index in [1.54, 1.807) is 0 Å². The van der Waals surface area contributed by atoms with Gasteiger partial charge in [-0.1, -0.05) is 37.6 Å². The van der Waals surface area contributed by atoms with Crippen LogP contribution in [0.15, 0.2) is 18.2 Å². The summed E-state index contributed by atoms with van der Waals surface area (Å²) in [7, 11) is 0. The highest BCUT2D eigenvalue weighted by Crippen LogP contribution is 2.25. The standard InChI is InChI=1S/C14H22OS/c1-5-12(4)16-9-14(15)13-7-6-10(2)8-11(13)3/h6-8,12,14-15H,5,9H2,1-4H3. The number of aryl methyl sites for hydroxylation is 2. The van der Waals surface area contributed by atoms with Crippen molar-refractivity contribution in [1.82, 2.24) is 0 Å². The molecule has 0 heterocycles. The van der Waals surface area contributed by atoms with E-state index < -0.39 is 0 Å². The number of aliphatic hydroxyl groups is 1. The molecule has 1 aromatic carbocycles. The van der Waals surface area contributed by atoms with Gasteiger partial charge in [0, 0.05) is 11.0 Å². The van der Waals surface area contributed by atoms with Gasteiger partial charge in [0.15, 0.2) is 0 Å². The monoisotopic (exact) mass is 238 g/mol. The Morgan fingerprint density at radius 1 is 1.31 bits per heavy atom. The van der Waals surface area contributed by atoms with E-state index in [2.05, 4.69) is 39.8 Å². The van der Waals surface area contributed by atoms with Gasteiger partial charge >= 0.3 is 0 Å². The zero-order valence-electron chi connectivity index (χ0n) is 10.7. The summed E-state index contributed by atoms with van der Waals surface area (Å²) in [6, 6.07) is 6.25. The molecule has 1 nitrogen and oxygen atoms in total. The molecule has 0 fully saturated rings. The van der Waals surface area contributed by atoms with E-state index in [4.69, 9.17) is 0 Å². The van der Waals surface area contributed by atoms with Crippen molar-refractivity contribution < 1.29 is 5.11 Å². The molecule has 0 aliphatic carbocycles. The quantitative estimate of drug-likeness (QED) is 0.840. The summed E-state index contributed by atoms with van der Waals surface area (Å²) < 4.78 is 0. The molecule has 0 aliphatic heterocycles. The van der Waals surface area contributed by atoms with Crippen molar-refractivity contribution in [3.63, 3.8) is 0 Å². The minimum atomic E-state index is -0.334. The van der Waals surface area contributed by atoms with E-state index in [0.717, 1.165) is 17.7 Å². The molecule has 1 N–H and O–H groups in total. The minimum Gasteiger partial charge on any atom is -0.388 e. The van der Waals surface area contributed by atoms with E-state index in [-0.39, 0.29) is 6.10 Å². The van der Waals surface area contributed by atoms with Crippen molar-refractivity contribution in [2.75, 3.05) is 5.75 Å². The lowest BCUT2D eigenvalue weighted by Crippen LogP contribution is -2.06. The Morgan fingerprint density at radius 2 is 2.00 bits per heavy atom. The first-order valence-corrected chi connectivity index (χ1v) is 6.96. The molecular weight excluding hydrogens is 216 g/mol. The third-order valence-electron chi connectivity index (χ3n) is 2.90. The van der Waals surface area contributed by atoms with Crippen LogP contribution < -0.4 is 0 Å². The van der Waals surface area contributed by atoms with Crippen LogP contribution in [-0.2, 0) is 0 Å². The zero-order valence-corrected chi connectivity index (χ0v) is 11.5. The number of hydrogen-bond donors (Lipinski definition) is 1. The molecule has 0 radical (unpaired) electrons. The molecule has 0 saturated heterocycles. The fraction of sp³-hybridized carbons (Fsp3) is 0.571. The van der Waals surface area contributed by atoms with Crippen molar-refractivity contribution in [1.29, 1.82) is 0 Å². The summed E-state index contributed by atoms with van der Waals surface area (Å²) in [5, 5.41) is 10.7. The normalized spacial score (nSPS) is 14.8.